The van der Waals surface area contributed by atoms with Crippen molar-refractivity contribution < 1.29 is 9.59 Å². The highest BCUT2D eigenvalue weighted by atomic mass is 79.9. The summed E-state index contributed by atoms with van der Waals surface area (Å²) in [5.41, 5.74) is 2.31. The zero-order valence-electron chi connectivity index (χ0n) is 15.8. The van der Waals surface area contributed by atoms with E-state index in [2.05, 4.69) is 36.8 Å². The molecule has 0 unspecified atom stereocenters. The van der Waals surface area contributed by atoms with E-state index in [1.165, 1.54) is 0 Å². The molecule has 0 aliphatic rings. The lowest BCUT2D eigenvalue weighted by molar-refractivity contribution is -0.116. The second kappa shape index (κ2) is 8.48. The molecule has 0 aliphatic heterocycles. The Morgan fingerprint density at radius 3 is 2.50 bits per heavy atom. The molecule has 2 N–H and O–H groups in total. The van der Waals surface area contributed by atoms with Crippen molar-refractivity contribution in [3.05, 3.63) is 27.8 Å². The number of hydrogen-bond donors (Lipinski definition) is 2. The van der Waals surface area contributed by atoms with E-state index in [0.717, 1.165) is 15.9 Å². The van der Waals surface area contributed by atoms with Gasteiger partial charge in [-0.05, 0) is 42.6 Å². The zero-order chi connectivity index (χ0) is 19.4. The Kier molecular flexibility index (Phi) is 6.57. The Labute approximate surface area is 161 Å². The minimum absolute atomic E-state index is 0.0582. The Hall–Kier alpha value is -2.16. The van der Waals surface area contributed by atoms with Crippen LogP contribution in [0.1, 0.15) is 42.6 Å². The predicted molar refractivity (Wildman–Crippen MR) is 103 cm³/mol. The van der Waals surface area contributed by atoms with Crippen molar-refractivity contribution in [2.75, 3.05) is 11.9 Å². The number of amides is 2. The number of nitrogens with zero attached hydrogens (tertiary/aromatic N) is 4. The normalized spacial score (nSPS) is 11.0. The SMILES string of the molecule is CCn1cc(NC(=O)Cn2nc(C)c(Br)c2C)c(C(=O)NCC(C)C)n1. The van der Waals surface area contributed by atoms with Crippen LogP contribution in [-0.4, -0.2) is 37.9 Å². The fraction of sp³-hybridized carbons (Fsp3) is 0.529. The number of hydrogen-bond acceptors (Lipinski definition) is 4. The van der Waals surface area contributed by atoms with E-state index >= 15 is 0 Å². The van der Waals surface area contributed by atoms with Gasteiger partial charge in [0, 0.05) is 19.3 Å². The van der Waals surface area contributed by atoms with Crippen molar-refractivity contribution in [1.29, 1.82) is 0 Å². The molecule has 0 saturated carbocycles. The molecule has 0 radical (unpaired) electrons. The molecule has 9 heteroatoms. The van der Waals surface area contributed by atoms with Gasteiger partial charge in [-0.25, -0.2) is 0 Å². The molecule has 8 nitrogen and oxygen atoms in total. The third-order valence-electron chi connectivity index (χ3n) is 3.83. The van der Waals surface area contributed by atoms with Gasteiger partial charge in [0.15, 0.2) is 5.69 Å². The van der Waals surface area contributed by atoms with Gasteiger partial charge >= 0.3 is 0 Å². The maximum Gasteiger partial charge on any atom is 0.273 e. The number of carbonyl (C=O) groups is 2. The van der Waals surface area contributed by atoms with E-state index in [1.54, 1.807) is 15.6 Å². The van der Waals surface area contributed by atoms with Crippen molar-refractivity contribution in [2.24, 2.45) is 5.92 Å². The summed E-state index contributed by atoms with van der Waals surface area (Å²) >= 11 is 3.45. The molecule has 0 spiro atoms. The van der Waals surface area contributed by atoms with E-state index in [4.69, 9.17) is 0 Å². The summed E-state index contributed by atoms with van der Waals surface area (Å²) in [5.74, 6) is -0.235. The van der Waals surface area contributed by atoms with Crippen molar-refractivity contribution in [1.82, 2.24) is 24.9 Å². The van der Waals surface area contributed by atoms with Crippen LogP contribution in [0.4, 0.5) is 5.69 Å². The lowest BCUT2D eigenvalue weighted by Crippen LogP contribution is -2.29. The Balaban J connectivity index is 2.14. The lowest BCUT2D eigenvalue weighted by Gasteiger charge is -2.09. The van der Waals surface area contributed by atoms with Gasteiger partial charge in [0.05, 0.1) is 21.5 Å². The van der Waals surface area contributed by atoms with E-state index < -0.39 is 0 Å². The number of rotatable bonds is 7. The van der Waals surface area contributed by atoms with Gasteiger partial charge in [-0.3, -0.25) is 19.0 Å². The molecule has 0 aliphatic carbocycles. The summed E-state index contributed by atoms with van der Waals surface area (Å²) in [5, 5.41) is 14.2. The van der Waals surface area contributed by atoms with Crippen LogP contribution < -0.4 is 10.6 Å². The van der Waals surface area contributed by atoms with Crippen LogP contribution in [0, 0.1) is 19.8 Å². The largest absolute Gasteiger partial charge is 0.350 e. The molecule has 0 atom stereocenters. The second-order valence-electron chi connectivity index (χ2n) is 6.54. The monoisotopic (exact) mass is 424 g/mol. The first-order chi connectivity index (χ1) is 12.2. The maximum absolute atomic E-state index is 12.4. The Morgan fingerprint density at radius 1 is 1.27 bits per heavy atom. The van der Waals surface area contributed by atoms with Crippen LogP contribution in [-0.2, 0) is 17.9 Å². The first-order valence-corrected chi connectivity index (χ1v) is 9.37. The third kappa shape index (κ3) is 4.72. The van der Waals surface area contributed by atoms with Crippen LogP contribution in [0.5, 0.6) is 0 Å². The number of carbonyl (C=O) groups excluding carboxylic acids is 2. The average molecular weight is 425 g/mol. The second-order valence-corrected chi connectivity index (χ2v) is 7.33. The Morgan fingerprint density at radius 2 is 1.96 bits per heavy atom. The molecule has 2 aromatic heterocycles. The van der Waals surface area contributed by atoms with Gasteiger partial charge in [-0.1, -0.05) is 13.8 Å². The highest BCUT2D eigenvalue weighted by molar-refractivity contribution is 9.10. The van der Waals surface area contributed by atoms with Crippen molar-refractivity contribution in [3.8, 4) is 0 Å². The van der Waals surface area contributed by atoms with Gasteiger partial charge in [0.2, 0.25) is 5.91 Å². The van der Waals surface area contributed by atoms with Crippen LogP contribution >= 0.6 is 15.9 Å². The highest BCUT2D eigenvalue weighted by Gasteiger charge is 2.19. The van der Waals surface area contributed by atoms with Gasteiger partial charge in [-0.15, -0.1) is 0 Å². The minimum Gasteiger partial charge on any atom is -0.350 e. The minimum atomic E-state index is -0.296. The summed E-state index contributed by atoms with van der Waals surface area (Å²) in [4.78, 5) is 24.8. The standard InChI is InChI=1S/C17H25BrN6O2/c1-6-23-8-13(16(22-23)17(26)19-7-10(2)3)20-14(25)9-24-12(5)15(18)11(4)21-24/h8,10H,6-7,9H2,1-5H3,(H,19,26)(H,20,25). The molecule has 2 heterocycles. The molecule has 142 valence electrons. The van der Waals surface area contributed by atoms with Gasteiger partial charge in [-0.2, -0.15) is 10.2 Å². The quantitative estimate of drug-likeness (QED) is 0.713. The highest BCUT2D eigenvalue weighted by Crippen LogP contribution is 2.20. The zero-order valence-corrected chi connectivity index (χ0v) is 17.3. The van der Waals surface area contributed by atoms with Crippen molar-refractivity contribution in [2.45, 2.75) is 47.7 Å². The summed E-state index contributed by atoms with van der Waals surface area (Å²) in [6, 6.07) is 0. The summed E-state index contributed by atoms with van der Waals surface area (Å²) in [6.07, 6.45) is 1.67. The van der Waals surface area contributed by atoms with Gasteiger partial charge < -0.3 is 10.6 Å². The van der Waals surface area contributed by atoms with E-state index in [1.807, 2.05) is 34.6 Å². The number of anilines is 1. The molecule has 2 aromatic rings. The first kappa shape index (κ1) is 20.2. The van der Waals surface area contributed by atoms with Crippen LogP contribution in [0.25, 0.3) is 0 Å². The van der Waals surface area contributed by atoms with Gasteiger partial charge in [0.25, 0.3) is 5.91 Å². The maximum atomic E-state index is 12.4. The molecule has 26 heavy (non-hydrogen) atoms. The lowest BCUT2D eigenvalue weighted by atomic mass is 10.2. The molecule has 2 rings (SSSR count). The predicted octanol–water partition coefficient (Wildman–Crippen LogP) is 2.50. The van der Waals surface area contributed by atoms with Crippen LogP contribution in [0.15, 0.2) is 10.7 Å². The topological polar surface area (TPSA) is 93.8 Å². The van der Waals surface area contributed by atoms with E-state index in [-0.39, 0.29) is 24.1 Å². The number of halogens is 1. The molecule has 0 aromatic carbocycles. The van der Waals surface area contributed by atoms with Crippen LogP contribution in [0.2, 0.25) is 0 Å². The fourth-order valence-corrected chi connectivity index (χ4v) is 2.66. The number of nitrogens with one attached hydrogen (secondary N) is 2. The van der Waals surface area contributed by atoms with E-state index in [9.17, 15) is 9.59 Å². The molecule has 2 amide bonds. The average Bonchev–Trinajstić information content (AvgIpc) is 3.09. The fourth-order valence-electron chi connectivity index (χ4n) is 2.38. The third-order valence-corrected chi connectivity index (χ3v) is 4.98. The number of aryl methyl sites for hydroxylation is 2. The molecule has 0 fully saturated rings. The number of aromatic nitrogens is 4. The van der Waals surface area contributed by atoms with Gasteiger partial charge in [0.1, 0.15) is 6.54 Å². The molecular formula is C17H25BrN6O2. The molecule has 0 bridgehead atoms. The van der Waals surface area contributed by atoms with Crippen LogP contribution in [0.3, 0.4) is 0 Å². The first-order valence-electron chi connectivity index (χ1n) is 8.57. The smallest absolute Gasteiger partial charge is 0.273 e. The van der Waals surface area contributed by atoms with E-state index in [0.29, 0.717) is 24.7 Å². The van der Waals surface area contributed by atoms with Crippen molar-refractivity contribution in [3.63, 3.8) is 0 Å². The summed E-state index contributed by atoms with van der Waals surface area (Å²) in [7, 11) is 0. The molecule has 0 saturated heterocycles. The Bertz CT molecular complexity index is 809. The summed E-state index contributed by atoms with van der Waals surface area (Å²) in [6.45, 7) is 10.9. The van der Waals surface area contributed by atoms with Crippen molar-refractivity contribution >= 4 is 33.4 Å². The molecular weight excluding hydrogens is 400 g/mol. The summed E-state index contributed by atoms with van der Waals surface area (Å²) < 4.78 is 4.13.